The summed E-state index contributed by atoms with van der Waals surface area (Å²) in [5.41, 5.74) is 0.667. The first-order chi connectivity index (χ1) is 11.0. The normalized spacial score (nSPS) is 10.6. The Labute approximate surface area is 142 Å². The van der Waals surface area contributed by atoms with Gasteiger partial charge in [0.2, 0.25) is 0 Å². The average molecular weight is 350 g/mol. The van der Waals surface area contributed by atoms with Crippen molar-refractivity contribution in [3.63, 3.8) is 0 Å². The lowest BCUT2D eigenvalue weighted by Gasteiger charge is -2.10. The van der Waals surface area contributed by atoms with Crippen LogP contribution in [-0.4, -0.2) is 15.1 Å². The lowest BCUT2D eigenvalue weighted by Crippen LogP contribution is -2.02. The number of anilines is 4. The first-order valence-electron chi connectivity index (χ1n) is 6.78. The molecule has 0 unspecified atom stereocenters. The Morgan fingerprint density at radius 2 is 1.70 bits per heavy atom. The molecule has 0 saturated heterocycles. The van der Waals surface area contributed by atoms with E-state index in [1.54, 1.807) is 25.1 Å². The van der Waals surface area contributed by atoms with Gasteiger partial charge >= 0.3 is 0 Å². The van der Waals surface area contributed by atoms with E-state index >= 15 is 0 Å². The van der Waals surface area contributed by atoms with Crippen LogP contribution in [0.5, 0.6) is 0 Å². The van der Waals surface area contributed by atoms with Crippen molar-refractivity contribution in [2.75, 3.05) is 10.6 Å². The van der Waals surface area contributed by atoms with Gasteiger partial charge in [0.05, 0.1) is 15.7 Å². The first-order valence-corrected chi connectivity index (χ1v) is 7.54. The van der Waals surface area contributed by atoms with Crippen molar-refractivity contribution in [3.05, 3.63) is 52.0 Å². The molecule has 3 rings (SSSR count). The van der Waals surface area contributed by atoms with Gasteiger partial charge in [-0.25, -0.2) is 9.97 Å². The van der Waals surface area contributed by atoms with Gasteiger partial charge in [-0.15, -0.1) is 0 Å². The third-order valence-electron chi connectivity index (χ3n) is 2.94. The van der Waals surface area contributed by atoms with E-state index in [1.807, 2.05) is 19.1 Å². The highest BCUT2D eigenvalue weighted by atomic mass is 35.5. The fraction of sp³-hybridized carbons (Fsp3) is 0.133. The molecule has 23 heavy (non-hydrogen) atoms. The molecule has 3 aromatic rings. The molecule has 0 aliphatic rings. The van der Waals surface area contributed by atoms with Crippen LogP contribution >= 0.6 is 23.2 Å². The second-order valence-corrected chi connectivity index (χ2v) is 5.64. The van der Waals surface area contributed by atoms with E-state index in [-0.39, 0.29) is 0 Å². The molecule has 2 heterocycles. The number of aromatic nitrogens is 3. The van der Waals surface area contributed by atoms with Gasteiger partial charge in [-0.2, -0.15) is 0 Å². The van der Waals surface area contributed by atoms with Gasteiger partial charge in [0, 0.05) is 12.1 Å². The lowest BCUT2D eigenvalue weighted by molar-refractivity contribution is 0.400. The standard InChI is InChI=1S/C15H13Cl2N5O/c1-8-6-14(22-23-8)21-13-7-12(18-9(2)19-13)20-11-5-3-4-10(16)15(11)17/h3-7H,1-2H3,(H2,18,19,20,21,22). The molecule has 0 saturated carbocycles. The molecule has 8 heteroatoms. The third-order valence-corrected chi connectivity index (χ3v) is 3.76. The maximum absolute atomic E-state index is 6.18. The zero-order valence-electron chi connectivity index (χ0n) is 12.4. The third kappa shape index (κ3) is 3.72. The van der Waals surface area contributed by atoms with Crippen molar-refractivity contribution >= 4 is 46.3 Å². The number of hydrogen-bond donors (Lipinski definition) is 2. The van der Waals surface area contributed by atoms with Crippen LogP contribution in [0.4, 0.5) is 23.1 Å². The highest BCUT2D eigenvalue weighted by Gasteiger charge is 2.08. The molecule has 0 radical (unpaired) electrons. The number of aryl methyl sites for hydroxylation is 2. The van der Waals surface area contributed by atoms with E-state index in [4.69, 9.17) is 27.7 Å². The summed E-state index contributed by atoms with van der Waals surface area (Å²) in [5, 5.41) is 11.0. The van der Waals surface area contributed by atoms with E-state index < -0.39 is 0 Å². The molecule has 0 amide bonds. The number of benzene rings is 1. The van der Waals surface area contributed by atoms with Gasteiger partial charge < -0.3 is 15.2 Å². The van der Waals surface area contributed by atoms with Gasteiger partial charge in [-0.05, 0) is 26.0 Å². The maximum atomic E-state index is 6.18. The van der Waals surface area contributed by atoms with Crippen molar-refractivity contribution in [1.82, 2.24) is 15.1 Å². The minimum atomic E-state index is 0.437. The van der Waals surface area contributed by atoms with Crippen LogP contribution < -0.4 is 10.6 Å². The van der Waals surface area contributed by atoms with Crippen LogP contribution in [0.3, 0.4) is 0 Å². The summed E-state index contributed by atoms with van der Waals surface area (Å²) in [4.78, 5) is 8.66. The van der Waals surface area contributed by atoms with E-state index in [0.29, 0.717) is 44.8 Å². The quantitative estimate of drug-likeness (QED) is 0.699. The fourth-order valence-electron chi connectivity index (χ4n) is 1.99. The summed E-state index contributed by atoms with van der Waals surface area (Å²) in [6.07, 6.45) is 0. The summed E-state index contributed by atoms with van der Waals surface area (Å²) >= 11 is 12.2. The Balaban J connectivity index is 1.86. The second kappa shape index (κ2) is 6.44. The number of rotatable bonds is 4. The van der Waals surface area contributed by atoms with Gasteiger partial charge in [0.25, 0.3) is 0 Å². The van der Waals surface area contributed by atoms with Crippen LogP contribution in [0.2, 0.25) is 10.0 Å². The number of nitrogens with zero attached hydrogens (tertiary/aromatic N) is 3. The van der Waals surface area contributed by atoms with E-state index in [1.165, 1.54) is 0 Å². The fourth-order valence-corrected chi connectivity index (χ4v) is 2.34. The van der Waals surface area contributed by atoms with Crippen molar-refractivity contribution in [2.45, 2.75) is 13.8 Å². The number of hydrogen-bond acceptors (Lipinski definition) is 6. The molecule has 0 aliphatic heterocycles. The van der Waals surface area contributed by atoms with Gasteiger partial charge in [0.1, 0.15) is 23.2 Å². The summed E-state index contributed by atoms with van der Waals surface area (Å²) in [5.74, 6) is 3.06. The zero-order valence-corrected chi connectivity index (χ0v) is 13.9. The monoisotopic (exact) mass is 349 g/mol. The second-order valence-electron chi connectivity index (χ2n) is 4.86. The van der Waals surface area contributed by atoms with Crippen LogP contribution in [-0.2, 0) is 0 Å². The molecule has 6 nitrogen and oxygen atoms in total. The minimum absolute atomic E-state index is 0.437. The summed E-state index contributed by atoms with van der Waals surface area (Å²) in [6.45, 7) is 3.61. The highest BCUT2D eigenvalue weighted by molar-refractivity contribution is 6.43. The Bertz CT molecular complexity index is 850. The molecular weight excluding hydrogens is 337 g/mol. The minimum Gasteiger partial charge on any atom is -0.360 e. The van der Waals surface area contributed by atoms with Crippen LogP contribution in [0.15, 0.2) is 34.9 Å². The number of nitrogens with one attached hydrogen (secondary N) is 2. The highest BCUT2D eigenvalue weighted by Crippen LogP contribution is 2.31. The summed E-state index contributed by atoms with van der Waals surface area (Å²) < 4.78 is 5.02. The maximum Gasteiger partial charge on any atom is 0.175 e. The van der Waals surface area contributed by atoms with Gasteiger partial charge in [0.15, 0.2) is 5.82 Å². The Hall–Kier alpha value is -2.31. The molecule has 0 bridgehead atoms. The van der Waals surface area contributed by atoms with Crippen LogP contribution in [0.1, 0.15) is 11.6 Å². The molecule has 0 atom stereocenters. The molecule has 118 valence electrons. The SMILES string of the molecule is Cc1nc(Nc2cc(C)on2)cc(Nc2cccc(Cl)c2Cl)n1. The van der Waals surface area contributed by atoms with Crippen LogP contribution in [0.25, 0.3) is 0 Å². The Morgan fingerprint density at radius 3 is 2.39 bits per heavy atom. The molecule has 2 N–H and O–H groups in total. The number of halogens is 2. The van der Waals surface area contributed by atoms with E-state index in [9.17, 15) is 0 Å². The summed E-state index contributed by atoms with van der Waals surface area (Å²) in [6, 6.07) is 8.87. The molecule has 0 fully saturated rings. The zero-order chi connectivity index (χ0) is 16.4. The smallest absolute Gasteiger partial charge is 0.175 e. The topological polar surface area (TPSA) is 75.9 Å². The van der Waals surface area contributed by atoms with E-state index in [2.05, 4.69) is 25.8 Å². The molecular formula is C15H13Cl2N5O. The molecule has 0 spiro atoms. The van der Waals surface area contributed by atoms with Crippen molar-refractivity contribution < 1.29 is 4.52 Å². The van der Waals surface area contributed by atoms with Crippen LogP contribution in [0, 0.1) is 13.8 Å². The van der Waals surface area contributed by atoms with Gasteiger partial charge in [-0.1, -0.05) is 34.4 Å². The Morgan fingerprint density at radius 1 is 0.957 bits per heavy atom. The Kier molecular flexibility index (Phi) is 4.36. The van der Waals surface area contributed by atoms with Crippen molar-refractivity contribution in [1.29, 1.82) is 0 Å². The molecule has 1 aromatic carbocycles. The largest absolute Gasteiger partial charge is 0.360 e. The van der Waals surface area contributed by atoms with Crippen molar-refractivity contribution in [3.8, 4) is 0 Å². The van der Waals surface area contributed by atoms with Gasteiger partial charge in [-0.3, -0.25) is 0 Å². The first kappa shape index (κ1) is 15.6. The van der Waals surface area contributed by atoms with E-state index in [0.717, 1.165) is 0 Å². The average Bonchev–Trinajstić information content (AvgIpc) is 2.88. The predicted octanol–water partition coefficient (Wildman–Crippen LogP) is 4.88. The van der Waals surface area contributed by atoms with Crippen molar-refractivity contribution in [2.24, 2.45) is 0 Å². The summed E-state index contributed by atoms with van der Waals surface area (Å²) in [7, 11) is 0. The molecule has 2 aromatic heterocycles. The molecule has 0 aliphatic carbocycles. The predicted molar refractivity (Wildman–Crippen MR) is 91.0 cm³/mol. The lowest BCUT2D eigenvalue weighted by atomic mass is 10.3.